The van der Waals surface area contributed by atoms with Gasteiger partial charge in [0.2, 0.25) is 5.91 Å². The average Bonchev–Trinajstić information content (AvgIpc) is 2.52. The third-order valence-corrected chi connectivity index (χ3v) is 2.99. The van der Waals surface area contributed by atoms with Crippen LogP contribution in [0.1, 0.15) is 20.3 Å². The topological polar surface area (TPSA) is 40.5 Å². The number of aliphatic hydroxyl groups is 1. The van der Waals surface area contributed by atoms with E-state index in [1.807, 2.05) is 0 Å². The lowest BCUT2D eigenvalue weighted by Gasteiger charge is -2.36. The molecule has 1 saturated carbocycles. The Morgan fingerprint density at radius 3 is 2.33 bits per heavy atom. The van der Waals surface area contributed by atoms with E-state index in [9.17, 15) is 4.79 Å². The van der Waals surface area contributed by atoms with Gasteiger partial charge in [0.1, 0.15) is 0 Å². The summed E-state index contributed by atoms with van der Waals surface area (Å²) < 4.78 is 0. The van der Waals surface area contributed by atoms with Crippen LogP contribution >= 0.6 is 0 Å². The highest BCUT2D eigenvalue weighted by molar-refractivity contribution is 5.83. The second kappa shape index (κ2) is 2.22. The SMILES string of the molecule is CC1(C)CC1C(=O)N1CC(O)C1. The summed E-state index contributed by atoms with van der Waals surface area (Å²) in [6.07, 6.45) is 0.745. The van der Waals surface area contributed by atoms with Crippen LogP contribution in [0.15, 0.2) is 0 Å². The van der Waals surface area contributed by atoms with Gasteiger partial charge in [-0.25, -0.2) is 0 Å². The molecule has 0 aromatic carbocycles. The van der Waals surface area contributed by atoms with Crippen molar-refractivity contribution in [3.8, 4) is 0 Å². The standard InChI is InChI=1S/C9H15NO2/c1-9(2)3-7(9)8(12)10-4-6(11)5-10/h6-7,11H,3-5H2,1-2H3. The Morgan fingerprint density at radius 1 is 1.50 bits per heavy atom. The van der Waals surface area contributed by atoms with Gasteiger partial charge in [0, 0.05) is 19.0 Å². The lowest BCUT2D eigenvalue weighted by molar-refractivity contribution is -0.143. The van der Waals surface area contributed by atoms with Crippen LogP contribution < -0.4 is 0 Å². The largest absolute Gasteiger partial charge is 0.389 e. The molecule has 2 fully saturated rings. The molecule has 0 aromatic rings. The average molecular weight is 169 g/mol. The summed E-state index contributed by atoms with van der Waals surface area (Å²) in [5, 5.41) is 9.01. The van der Waals surface area contributed by atoms with E-state index in [0.29, 0.717) is 13.1 Å². The number of nitrogens with zero attached hydrogens (tertiary/aromatic N) is 1. The van der Waals surface area contributed by atoms with E-state index < -0.39 is 0 Å². The minimum absolute atomic E-state index is 0.220. The Balaban J connectivity index is 1.87. The number of rotatable bonds is 1. The molecule has 12 heavy (non-hydrogen) atoms. The van der Waals surface area contributed by atoms with Gasteiger partial charge in [0.25, 0.3) is 0 Å². The van der Waals surface area contributed by atoms with Crippen LogP contribution in [0.2, 0.25) is 0 Å². The van der Waals surface area contributed by atoms with Crippen LogP contribution in [0, 0.1) is 11.3 Å². The lowest BCUT2D eigenvalue weighted by atomic mass is 10.1. The maximum absolute atomic E-state index is 11.6. The van der Waals surface area contributed by atoms with E-state index in [4.69, 9.17) is 5.11 Å². The number of amides is 1. The van der Waals surface area contributed by atoms with Gasteiger partial charge in [-0.05, 0) is 11.8 Å². The van der Waals surface area contributed by atoms with Crippen LogP contribution in [0.4, 0.5) is 0 Å². The number of hydrogen-bond acceptors (Lipinski definition) is 2. The fourth-order valence-corrected chi connectivity index (χ4v) is 1.74. The van der Waals surface area contributed by atoms with Crippen molar-refractivity contribution in [1.29, 1.82) is 0 Å². The normalized spacial score (nSPS) is 32.9. The minimum atomic E-state index is -0.268. The maximum atomic E-state index is 11.6. The second-order valence-corrected chi connectivity index (χ2v) is 4.64. The fourth-order valence-electron chi connectivity index (χ4n) is 1.74. The molecule has 68 valence electrons. The smallest absolute Gasteiger partial charge is 0.226 e. The molecule has 1 saturated heterocycles. The molecular formula is C9H15NO2. The fraction of sp³-hybridized carbons (Fsp3) is 0.889. The Kier molecular flexibility index (Phi) is 1.49. The van der Waals surface area contributed by atoms with Gasteiger partial charge in [0.15, 0.2) is 0 Å². The Labute approximate surface area is 72.4 Å². The van der Waals surface area contributed by atoms with Crippen LogP contribution in [-0.4, -0.2) is 35.1 Å². The van der Waals surface area contributed by atoms with Crippen molar-refractivity contribution in [3.63, 3.8) is 0 Å². The summed E-state index contributed by atoms with van der Waals surface area (Å²) in [7, 11) is 0. The number of aliphatic hydroxyl groups excluding tert-OH is 1. The molecule has 2 aliphatic rings. The van der Waals surface area contributed by atoms with Crippen molar-refractivity contribution in [2.24, 2.45) is 11.3 Å². The first-order valence-corrected chi connectivity index (χ1v) is 4.47. The molecule has 1 atom stereocenters. The van der Waals surface area contributed by atoms with Crippen LogP contribution in [0.25, 0.3) is 0 Å². The third-order valence-electron chi connectivity index (χ3n) is 2.99. The zero-order chi connectivity index (χ0) is 8.93. The monoisotopic (exact) mass is 169 g/mol. The van der Waals surface area contributed by atoms with Crippen LogP contribution in [0.3, 0.4) is 0 Å². The second-order valence-electron chi connectivity index (χ2n) is 4.64. The number of likely N-dealkylation sites (tertiary alicyclic amines) is 1. The van der Waals surface area contributed by atoms with Crippen molar-refractivity contribution < 1.29 is 9.90 Å². The summed E-state index contributed by atoms with van der Waals surface area (Å²) in [6, 6.07) is 0. The summed E-state index contributed by atoms with van der Waals surface area (Å²) >= 11 is 0. The quantitative estimate of drug-likeness (QED) is 0.610. The Morgan fingerprint density at radius 2 is 2.00 bits per heavy atom. The van der Waals surface area contributed by atoms with Crippen molar-refractivity contribution in [2.75, 3.05) is 13.1 Å². The molecule has 1 aliphatic carbocycles. The molecule has 0 radical (unpaired) electrons. The molecule has 1 unspecified atom stereocenters. The van der Waals surface area contributed by atoms with Crippen LogP contribution in [-0.2, 0) is 4.79 Å². The van der Waals surface area contributed by atoms with Crippen molar-refractivity contribution in [1.82, 2.24) is 4.90 Å². The number of hydrogen-bond donors (Lipinski definition) is 1. The zero-order valence-electron chi connectivity index (χ0n) is 7.58. The molecule has 1 aliphatic heterocycles. The van der Waals surface area contributed by atoms with E-state index in [0.717, 1.165) is 6.42 Å². The van der Waals surface area contributed by atoms with Crippen molar-refractivity contribution in [3.05, 3.63) is 0 Å². The van der Waals surface area contributed by atoms with Gasteiger partial charge in [0.05, 0.1) is 6.10 Å². The lowest BCUT2D eigenvalue weighted by Crippen LogP contribution is -2.54. The summed E-state index contributed by atoms with van der Waals surface area (Å²) in [5.41, 5.74) is 0.220. The predicted octanol–water partition coefficient (Wildman–Crippen LogP) is 0.236. The first kappa shape index (κ1) is 8.05. The van der Waals surface area contributed by atoms with Gasteiger partial charge < -0.3 is 10.0 Å². The maximum Gasteiger partial charge on any atom is 0.226 e. The molecule has 0 bridgehead atoms. The van der Waals surface area contributed by atoms with Crippen molar-refractivity contribution >= 4 is 5.91 Å². The molecule has 0 aromatic heterocycles. The molecule has 3 heteroatoms. The van der Waals surface area contributed by atoms with E-state index in [1.54, 1.807) is 4.90 Å². The van der Waals surface area contributed by atoms with E-state index >= 15 is 0 Å². The highest BCUT2D eigenvalue weighted by Crippen LogP contribution is 2.52. The Bertz CT molecular complexity index is 219. The number of β-amino-alcohol motifs (C(OH)–C–C–N with tert-alkyl or cyclic N) is 1. The number of carbonyl (C=O) groups excluding carboxylic acids is 1. The third kappa shape index (κ3) is 1.12. The molecule has 2 rings (SSSR count). The first-order chi connectivity index (χ1) is 5.50. The molecule has 1 heterocycles. The van der Waals surface area contributed by atoms with Gasteiger partial charge in [-0.15, -0.1) is 0 Å². The summed E-state index contributed by atoms with van der Waals surface area (Å²) in [4.78, 5) is 13.3. The van der Waals surface area contributed by atoms with Crippen LogP contribution in [0.5, 0.6) is 0 Å². The predicted molar refractivity (Wildman–Crippen MR) is 44.5 cm³/mol. The highest BCUT2D eigenvalue weighted by atomic mass is 16.3. The van der Waals surface area contributed by atoms with Crippen molar-refractivity contribution in [2.45, 2.75) is 26.4 Å². The van der Waals surface area contributed by atoms with E-state index in [2.05, 4.69) is 13.8 Å². The van der Waals surface area contributed by atoms with E-state index in [-0.39, 0.29) is 23.3 Å². The summed E-state index contributed by atoms with van der Waals surface area (Å²) in [6.45, 7) is 5.33. The Hall–Kier alpha value is -0.570. The summed E-state index contributed by atoms with van der Waals surface area (Å²) in [5.74, 6) is 0.468. The zero-order valence-corrected chi connectivity index (χ0v) is 7.58. The van der Waals surface area contributed by atoms with Gasteiger partial charge >= 0.3 is 0 Å². The van der Waals surface area contributed by atoms with Gasteiger partial charge in [-0.2, -0.15) is 0 Å². The minimum Gasteiger partial charge on any atom is -0.389 e. The molecular weight excluding hydrogens is 154 g/mol. The number of carbonyl (C=O) groups is 1. The molecule has 1 amide bonds. The molecule has 3 nitrogen and oxygen atoms in total. The molecule has 1 N–H and O–H groups in total. The first-order valence-electron chi connectivity index (χ1n) is 4.47. The van der Waals surface area contributed by atoms with E-state index in [1.165, 1.54) is 0 Å². The van der Waals surface area contributed by atoms with Gasteiger partial charge in [-0.3, -0.25) is 4.79 Å². The highest BCUT2D eigenvalue weighted by Gasteiger charge is 2.53. The van der Waals surface area contributed by atoms with Gasteiger partial charge in [-0.1, -0.05) is 13.8 Å². The molecule has 0 spiro atoms.